The summed E-state index contributed by atoms with van der Waals surface area (Å²) in [6, 6.07) is 5.37. The van der Waals surface area contributed by atoms with E-state index in [-0.39, 0.29) is 12.4 Å². The van der Waals surface area contributed by atoms with Gasteiger partial charge in [0.25, 0.3) is 0 Å². The molecule has 1 rings (SSSR count). The Labute approximate surface area is 83.6 Å². The predicted octanol–water partition coefficient (Wildman–Crippen LogP) is 1.83. The summed E-state index contributed by atoms with van der Waals surface area (Å²) in [5.74, 6) is 0.692. The fraction of sp³-hybridized carbons (Fsp3) is 0.364. The van der Waals surface area contributed by atoms with Crippen LogP contribution in [0.15, 0.2) is 18.2 Å². The molecule has 0 aromatic heterocycles. The maximum Gasteiger partial charge on any atom is 0.188 e. The normalized spacial score (nSPS) is 9.93. The minimum absolute atomic E-state index is 0.0363. The Bertz CT molecular complexity index is 331. The minimum atomic E-state index is -0.0363. The molecule has 76 valence electrons. The van der Waals surface area contributed by atoms with Crippen LogP contribution in [0.2, 0.25) is 0 Å². The molecule has 0 saturated carbocycles. The van der Waals surface area contributed by atoms with E-state index in [9.17, 15) is 4.79 Å². The second kappa shape index (κ2) is 4.77. The number of ether oxygens (including phenoxy) is 2. The molecule has 0 bridgehead atoms. The maximum atomic E-state index is 11.4. The fourth-order valence-corrected chi connectivity index (χ4v) is 1.21. The van der Waals surface area contributed by atoms with E-state index in [2.05, 4.69) is 0 Å². The van der Waals surface area contributed by atoms with Gasteiger partial charge >= 0.3 is 0 Å². The quantitative estimate of drug-likeness (QED) is 0.686. The standard InChI is InChI=1S/C11H14O3/c1-8-4-5-9(6-11(8)14-3)10(12)7-13-2/h4-6H,7H2,1-3H3. The average Bonchev–Trinajstić information content (AvgIpc) is 2.19. The third-order valence-electron chi connectivity index (χ3n) is 2.01. The lowest BCUT2D eigenvalue weighted by molar-refractivity contribution is 0.0847. The largest absolute Gasteiger partial charge is 0.496 e. The lowest BCUT2D eigenvalue weighted by Crippen LogP contribution is -2.07. The van der Waals surface area contributed by atoms with E-state index in [1.165, 1.54) is 7.11 Å². The molecular weight excluding hydrogens is 180 g/mol. The van der Waals surface area contributed by atoms with Gasteiger partial charge in [0.05, 0.1) is 7.11 Å². The van der Waals surface area contributed by atoms with E-state index >= 15 is 0 Å². The van der Waals surface area contributed by atoms with Crippen LogP contribution < -0.4 is 4.74 Å². The molecule has 0 aliphatic carbocycles. The Morgan fingerprint density at radius 2 is 2.07 bits per heavy atom. The second-order valence-electron chi connectivity index (χ2n) is 3.04. The van der Waals surface area contributed by atoms with Crippen molar-refractivity contribution in [1.82, 2.24) is 0 Å². The van der Waals surface area contributed by atoms with Crippen LogP contribution in [0.3, 0.4) is 0 Å². The van der Waals surface area contributed by atoms with Gasteiger partial charge in [0.1, 0.15) is 12.4 Å². The fourth-order valence-electron chi connectivity index (χ4n) is 1.21. The summed E-state index contributed by atoms with van der Waals surface area (Å²) in [4.78, 5) is 11.4. The van der Waals surface area contributed by atoms with Gasteiger partial charge in [0.2, 0.25) is 0 Å². The maximum absolute atomic E-state index is 11.4. The number of ketones is 1. The first kappa shape index (κ1) is 10.7. The Morgan fingerprint density at radius 3 is 2.64 bits per heavy atom. The van der Waals surface area contributed by atoms with Gasteiger partial charge in [-0.25, -0.2) is 0 Å². The van der Waals surface area contributed by atoms with Crippen molar-refractivity contribution in [3.05, 3.63) is 29.3 Å². The molecule has 0 heterocycles. The van der Waals surface area contributed by atoms with Gasteiger partial charge in [-0.2, -0.15) is 0 Å². The van der Waals surface area contributed by atoms with Crippen molar-refractivity contribution in [2.45, 2.75) is 6.92 Å². The molecule has 0 amide bonds. The van der Waals surface area contributed by atoms with E-state index in [4.69, 9.17) is 9.47 Å². The predicted molar refractivity (Wildman–Crippen MR) is 53.9 cm³/mol. The number of benzene rings is 1. The molecular formula is C11H14O3. The number of hydrogen-bond donors (Lipinski definition) is 0. The van der Waals surface area contributed by atoms with Crippen molar-refractivity contribution in [2.24, 2.45) is 0 Å². The number of aryl methyl sites for hydroxylation is 1. The molecule has 0 fully saturated rings. The van der Waals surface area contributed by atoms with Gasteiger partial charge in [-0.3, -0.25) is 4.79 Å². The summed E-state index contributed by atoms with van der Waals surface area (Å²) in [5, 5.41) is 0. The zero-order valence-corrected chi connectivity index (χ0v) is 8.66. The Morgan fingerprint density at radius 1 is 1.36 bits per heavy atom. The highest BCUT2D eigenvalue weighted by atomic mass is 16.5. The van der Waals surface area contributed by atoms with Gasteiger partial charge in [0.15, 0.2) is 5.78 Å². The number of carbonyl (C=O) groups excluding carboxylic acids is 1. The molecule has 0 unspecified atom stereocenters. The Hall–Kier alpha value is -1.35. The monoisotopic (exact) mass is 194 g/mol. The molecule has 0 N–H and O–H groups in total. The van der Waals surface area contributed by atoms with E-state index in [1.807, 2.05) is 13.0 Å². The van der Waals surface area contributed by atoms with Crippen LogP contribution in [-0.2, 0) is 4.74 Å². The highest BCUT2D eigenvalue weighted by molar-refractivity contribution is 5.97. The van der Waals surface area contributed by atoms with Crippen molar-refractivity contribution in [1.29, 1.82) is 0 Å². The number of hydrogen-bond acceptors (Lipinski definition) is 3. The van der Waals surface area contributed by atoms with E-state index < -0.39 is 0 Å². The van der Waals surface area contributed by atoms with Crippen LogP contribution in [0.1, 0.15) is 15.9 Å². The van der Waals surface area contributed by atoms with Gasteiger partial charge in [-0.1, -0.05) is 12.1 Å². The van der Waals surface area contributed by atoms with E-state index in [0.717, 1.165) is 11.3 Å². The molecule has 0 atom stereocenters. The molecule has 3 nitrogen and oxygen atoms in total. The summed E-state index contributed by atoms with van der Waals surface area (Å²) in [7, 11) is 3.09. The van der Waals surface area contributed by atoms with Crippen LogP contribution in [-0.4, -0.2) is 26.6 Å². The Balaban J connectivity index is 2.94. The number of carbonyl (C=O) groups is 1. The van der Waals surface area contributed by atoms with Crippen LogP contribution >= 0.6 is 0 Å². The van der Waals surface area contributed by atoms with Crippen LogP contribution in [0.25, 0.3) is 0 Å². The Kier molecular flexibility index (Phi) is 3.65. The van der Waals surface area contributed by atoms with Gasteiger partial charge in [-0.05, 0) is 18.6 Å². The van der Waals surface area contributed by atoms with Crippen molar-refractivity contribution < 1.29 is 14.3 Å². The molecule has 0 aliphatic rings. The zero-order valence-electron chi connectivity index (χ0n) is 8.66. The van der Waals surface area contributed by atoms with Crippen LogP contribution in [0.4, 0.5) is 0 Å². The average molecular weight is 194 g/mol. The highest BCUT2D eigenvalue weighted by Gasteiger charge is 2.07. The molecule has 0 radical (unpaired) electrons. The third kappa shape index (κ3) is 2.33. The summed E-state index contributed by atoms with van der Waals surface area (Å²) in [5.41, 5.74) is 1.63. The smallest absolute Gasteiger partial charge is 0.188 e. The summed E-state index contributed by atoms with van der Waals surface area (Å²) >= 11 is 0. The third-order valence-corrected chi connectivity index (χ3v) is 2.01. The molecule has 3 heteroatoms. The zero-order chi connectivity index (χ0) is 10.6. The van der Waals surface area contributed by atoms with Crippen molar-refractivity contribution >= 4 is 5.78 Å². The molecule has 1 aromatic rings. The number of rotatable bonds is 4. The minimum Gasteiger partial charge on any atom is -0.496 e. The van der Waals surface area contributed by atoms with Gasteiger partial charge < -0.3 is 9.47 Å². The first-order valence-electron chi connectivity index (χ1n) is 4.36. The molecule has 1 aromatic carbocycles. The van der Waals surface area contributed by atoms with E-state index in [0.29, 0.717) is 5.56 Å². The van der Waals surface area contributed by atoms with Crippen molar-refractivity contribution in [2.75, 3.05) is 20.8 Å². The SMILES string of the molecule is COCC(=O)c1ccc(C)c(OC)c1. The first-order chi connectivity index (χ1) is 6.69. The molecule has 14 heavy (non-hydrogen) atoms. The summed E-state index contributed by atoms with van der Waals surface area (Å²) in [6.45, 7) is 2.04. The van der Waals surface area contributed by atoms with Crippen molar-refractivity contribution in [3.63, 3.8) is 0 Å². The topological polar surface area (TPSA) is 35.5 Å². The molecule has 0 spiro atoms. The lowest BCUT2D eigenvalue weighted by Gasteiger charge is -2.06. The number of Topliss-reactive ketones (excluding diaryl/α,β-unsaturated/α-hetero) is 1. The second-order valence-corrected chi connectivity index (χ2v) is 3.04. The van der Waals surface area contributed by atoms with Crippen LogP contribution in [0, 0.1) is 6.92 Å². The van der Waals surface area contributed by atoms with Crippen molar-refractivity contribution in [3.8, 4) is 5.75 Å². The lowest BCUT2D eigenvalue weighted by atomic mass is 10.1. The van der Waals surface area contributed by atoms with Gasteiger partial charge in [-0.15, -0.1) is 0 Å². The van der Waals surface area contributed by atoms with Gasteiger partial charge in [0, 0.05) is 12.7 Å². The van der Waals surface area contributed by atoms with E-state index in [1.54, 1.807) is 19.2 Å². The highest BCUT2D eigenvalue weighted by Crippen LogP contribution is 2.19. The van der Waals surface area contributed by atoms with Crippen LogP contribution in [0.5, 0.6) is 5.75 Å². The summed E-state index contributed by atoms with van der Waals surface area (Å²) in [6.07, 6.45) is 0. The molecule has 0 saturated heterocycles. The number of methoxy groups -OCH3 is 2. The molecule has 0 aliphatic heterocycles. The summed E-state index contributed by atoms with van der Waals surface area (Å²) < 4.78 is 9.89. The first-order valence-corrected chi connectivity index (χ1v) is 4.36.